The van der Waals surface area contributed by atoms with Gasteiger partial charge in [-0.1, -0.05) is 31.6 Å². The van der Waals surface area contributed by atoms with Gasteiger partial charge < -0.3 is 24.4 Å². The smallest absolute Gasteiger partial charge is 0.313 e. The number of carbonyl (C=O) groups is 3. The zero-order valence-electron chi connectivity index (χ0n) is 16.0. The van der Waals surface area contributed by atoms with E-state index >= 15 is 0 Å². The lowest BCUT2D eigenvalue weighted by molar-refractivity contribution is -0.153. The molecule has 2 amide bonds. The van der Waals surface area contributed by atoms with Crippen LogP contribution in [0.2, 0.25) is 0 Å². The van der Waals surface area contributed by atoms with Crippen LogP contribution in [0.1, 0.15) is 19.8 Å². The summed E-state index contributed by atoms with van der Waals surface area (Å²) < 4.78 is 11.5. The van der Waals surface area contributed by atoms with E-state index in [2.05, 4.69) is 6.92 Å². The number of carbonyl (C=O) groups excluding carboxylic acids is 3. The Morgan fingerprint density at radius 1 is 1.21 bits per heavy atom. The lowest BCUT2D eigenvalue weighted by Crippen LogP contribution is -2.55. The van der Waals surface area contributed by atoms with Crippen LogP contribution >= 0.6 is 0 Å². The second-order valence-electron chi connectivity index (χ2n) is 7.70. The first-order valence-electron chi connectivity index (χ1n) is 9.94. The molecule has 0 aliphatic carbocycles. The van der Waals surface area contributed by atoms with E-state index in [0.29, 0.717) is 13.1 Å². The van der Waals surface area contributed by atoms with Gasteiger partial charge in [-0.15, -0.1) is 0 Å². The topological polar surface area (TPSA) is 96.4 Å². The molecular formula is C20H26N2O6. The molecule has 1 unspecified atom stereocenters. The minimum absolute atomic E-state index is 0.0224. The maximum Gasteiger partial charge on any atom is 0.313 e. The van der Waals surface area contributed by atoms with Crippen molar-refractivity contribution in [3.63, 3.8) is 0 Å². The van der Waals surface area contributed by atoms with Crippen LogP contribution < -0.4 is 0 Å². The van der Waals surface area contributed by atoms with Crippen LogP contribution in [0.3, 0.4) is 0 Å². The number of ether oxygens (including phenoxy) is 2. The molecule has 4 rings (SSSR count). The van der Waals surface area contributed by atoms with Crippen LogP contribution in [-0.2, 0) is 23.9 Å². The van der Waals surface area contributed by atoms with Crippen molar-refractivity contribution in [3.05, 3.63) is 24.3 Å². The maximum absolute atomic E-state index is 13.5. The number of aliphatic hydroxyl groups excluding tert-OH is 1. The minimum Gasteiger partial charge on any atom is -0.461 e. The molecule has 0 saturated carbocycles. The predicted octanol–water partition coefficient (Wildman–Crippen LogP) is -0.129. The average Bonchev–Trinajstić information content (AvgIpc) is 2.97. The number of nitrogens with zero attached hydrogens (tertiary/aromatic N) is 2. The summed E-state index contributed by atoms with van der Waals surface area (Å²) in [7, 11) is 0. The van der Waals surface area contributed by atoms with Gasteiger partial charge in [-0.25, -0.2) is 0 Å². The monoisotopic (exact) mass is 390 g/mol. The molecule has 28 heavy (non-hydrogen) atoms. The van der Waals surface area contributed by atoms with Crippen molar-refractivity contribution in [2.45, 2.75) is 37.5 Å². The first-order valence-corrected chi connectivity index (χ1v) is 9.94. The molecule has 4 aliphatic rings. The third-order valence-electron chi connectivity index (χ3n) is 6.12. The van der Waals surface area contributed by atoms with Gasteiger partial charge in [0.15, 0.2) is 0 Å². The molecule has 8 heteroatoms. The molecule has 0 aromatic carbocycles. The fourth-order valence-electron chi connectivity index (χ4n) is 4.91. The number of unbranched alkanes of at least 4 members (excludes halogenated alkanes) is 1. The number of esters is 1. The summed E-state index contributed by atoms with van der Waals surface area (Å²) in [6, 6.07) is -0.888. The molecule has 1 spiro atoms. The number of hydrogen-bond donors (Lipinski definition) is 1. The molecule has 1 N–H and O–H groups in total. The fraction of sp³-hybridized carbons (Fsp3) is 0.650. The molecule has 152 valence electrons. The molecule has 0 radical (unpaired) electrons. The van der Waals surface area contributed by atoms with Gasteiger partial charge >= 0.3 is 5.97 Å². The first-order chi connectivity index (χ1) is 13.5. The third-order valence-corrected chi connectivity index (χ3v) is 6.12. The Morgan fingerprint density at radius 2 is 2.04 bits per heavy atom. The Kier molecular flexibility index (Phi) is 5.01. The largest absolute Gasteiger partial charge is 0.461 e. The Morgan fingerprint density at radius 3 is 2.79 bits per heavy atom. The summed E-state index contributed by atoms with van der Waals surface area (Å²) in [6.45, 7) is 2.98. The molecule has 0 bridgehead atoms. The standard InChI is InChI=1S/C20H26N2O6/c1-2-3-8-21-9-5-7-20-15(14-13(28-20)6-4-12-27-19(14)26)17(24)22(10-11-23)16(20)18(21)25/h4-7,13-16,23H,2-3,8-12H2,1H3/t13-,14+,15+,16?,20+/m1/s1. The number of hydrogen-bond acceptors (Lipinski definition) is 6. The number of likely N-dealkylation sites (tertiary alicyclic amines) is 1. The van der Waals surface area contributed by atoms with E-state index in [-0.39, 0.29) is 31.6 Å². The van der Waals surface area contributed by atoms with Crippen LogP contribution in [0.4, 0.5) is 0 Å². The summed E-state index contributed by atoms with van der Waals surface area (Å²) in [5.74, 6) is -2.65. The van der Waals surface area contributed by atoms with Gasteiger partial charge in [0.2, 0.25) is 11.8 Å². The van der Waals surface area contributed by atoms with Gasteiger partial charge in [-0.2, -0.15) is 0 Å². The summed E-state index contributed by atoms with van der Waals surface area (Å²) in [6.07, 6.45) is 8.30. The second-order valence-corrected chi connectivity index (χ2v) is 7.70. The van der Waals surface area contributed by atoms with Crippen LogP contribution in [0.5, 0.6) is 0 Å². The highest BCUT2D eigenvalue weighted by atomic mass is 16.6. The zero-order chi connectivity index (χ0) is 19.9. The summed E-state index contributed by atoms with van der Waals surface area (Å²) in [4.78, 5) is 42.5. The van der Waals surface area contributed by atoms with Crippen LogP contribution in [0.15, 0.2) is 24.3 Å². The van der Waals surface area contributed by atoms with E-state index in [4.69, 9.17) is 9.47 Å². The van der Waals surface area contributed by atoms with Crippen LogP contribution in [0, 0.1) is 11.8 Å². The van der Waals surface area contributed by atoms with E-state index in [9.17, 15) is 19.5 Å². The Labute approximate surface area is 163 Å². The number of rotatable bonds is 5. The SMILES string of the molecule is CCCCN1CC=C[C@]23O[C@@H]4C=CCOC(=O)[C@@H]4[C@H]2C(=O)N(CCO)C3C1=O. The third kappa shape index (κ3) is 2.69. The van der Waals surface area contributed by atoms with E-state index in [1.54, 1.807) is 23.1 Å². The van der Waals surface area contributed by atoms with Crippen LogP contribution in [0.25, 0.3) is 0 Å². The van der Waals surface area contributed by atoms with E-state index in [1.807, 2.05) is 6.08 Å². The summed E-state index contributed by atoms with van der Waals surface area (Å²) in [5, 5.41) is 9.51. The van der Waals surface area contributed by atoms with Crippen molar-refractivity contribution in [1.29, 1.82) is 0 Å². The molecule has 4 aliphatic heterocycles. The molecule has 2 saturated heterocycles. The van der Waals surface area contributed by atoms with Crippen LogP contribution in [-0.4, -0.2) is 83.3 Å². The van der Waals surface area contributed by atoms with E-state index < -0.39 is 35.6 Å². The zero-order valence-corrected chi connectivity index (χ0v) is 16.0. The maximum atomic E-state index is 13.5. The molecule has 8 nitrogen and oxygen atoms in total. The first kappa shape index (κ1) is 19.1. The number of cyclic esters (lactones) is 1. The molecular weight excluding hydrogens is 364 g/mol. The van der Waals surface area contributed by atoms with E-state index in [1.165, 1.54) is 4.90 Å². The van der Waals surface area contributed by atoms with Crippen molar-refractivity contribution in [2.24, 2.45) is 11.8 Å². The Hall–Kier alpha value is -2.19. The van der Waals surface area contributed by atoms with E-state index in [0.717, 1.165) is 12.8 Å². The van der Waals surface area contributed by atoms with Crippen molar-refractivity contribution < 1.29 is 29.0 Å². The molecule has 0 aromatic heterocycles. The van der Waals surface area contributed by atoms with Gasteiger partial charge in [-0.05, 0) is 12.5 Å². The molecule has 5 atom stereocenters. The van der Waals surface area contributed by atoms with Crippen molar-refractivity contribution >= 4 is 17.8 Å². The minimum atomic E-state index is -1.22. The normalized spacial score (nSPS) is 36.7. The molecule has 4 heterocycles. The summed E-state index contributed by atoms with van der Waals surface area (Å²) in [5.41, 5.74) is -1.22. The average molecular weight is 390 g/mol. The number of amides is 2. The van der Waals surface area contributed by atoms with Gasteiger partial charge in [0.25, 0.3) is 0 Å². The number of β-amino-alcohol motifs (C(OH)–C–C–N with tert-alkyl or cyclic N) is 1. The van der Waals surface area contributed by atoms with Crippen molar-refractivity contribution in [1.82, 2.24) is 9.80 Å². The Bertz CT molecular complexity index is 734. The Balaban J connectivity index is 1.78. The summed E-state index contributed by atoms with van der Waals surface area (Å²) >= 11 is 0. The fourth-order valence-corrected chi connectivity index (χ4v) is 4.91. The van der Waals surface area contributed by atoms with Gasteiger partial charge in [0.05, 0.1) is 18.6 Å². The van der Waals surface area contributed by atoms with Gasteiger partial charge in [0, 0.05) is 19.6 Å². The van der Waals surface area contributed by atoms with Crippen molar-refractivity contribution in [2.75, 3.05) is 32.8 Å². The lowest BCUT2D eigenvalue weighted by Gasteiger charge is -2.35. The predicted molar refractivity (Wildman–Crippen MR) is 97.9 cm³/mol. The number of aliphatic hydroxyl groups is 1. The second kappa shape index (κ2) is 7.33. The van der Waals surface area contributed by atoms with Gasteiger partial charge in [0.1, 0.15) is 24.2 Å². The quantitative estimate of drug-likeness (QED) is 0.519. The van der Waals surface area contributed by atoms with Crippen molar-refractivity contribution in [3.8, 4) is 0 Å². The highest BCUT2D eigenvalue weighted by molar-refractivity contribution is 5.99. The molecule has 2 fully saturated rings. The molecule has 0 aromatic rings. The highest BCUT2D eigenvalue weighted by Gasteiger charge is 2.71. The number of fused-ring (bicyclic) bond motifs is 2. The lowest BCUT2D eigenvalue weighted by atomic mass is 9.78. The highest BCUT2D eigenvalue weighted by Crippen LogP contribution is 2.53. The van der Waals surface area contributed by atoms with Gasteiger partial charge in [-0.3, -0.25) is 14.4 Å².